The van der Waals surface area contributed by atoms with Crippen LogP contribution in [0.1, 0.15) is 43.4 Å². The number of nitrogens with one attached hydrogen (secondary N) is 2. The molecule has 0 saturated carbocycles. The van der Waals surface area contributed by atoms with Crippen LogP contribution in [-0.2, 0) is 5.54 Å². The lowest BCUT2D eigenvalue weighted by Crippen LogP contribution is -2.28. The number of aromatic nitrogens is 2. The van der Waals surface area contributed by atoms with Gasteiger partial charge < -0.3 is 10.6 Å². The summed E-state index contributed by atoms with van der Waals surface area (Å²) in [7, 11) is 0. The van der Waals surface area contributed by atoms with Crippen molar-refractivity contribution in [1.82, 2.24) is 15.1 Å². The van der Waals surface area contributed by atoms with E-state index in [-0.39, 0.29) is 11.4 Å². The van der Waals surface area contributed by atoms with Crippen LogP contribution in [0.2, 0.25) is 0 Å². The monoisotopic (exact) mass is 314 g/mol. The summed E-state index contributed by atoms with van der Waals surface area (Å²) in [5.74, 6) is -0.115. The van der Waals surface area contributed by atoms with Gasteiger partial charge in [-0.15, -0.1) is 0 Å². The minimum absolute atomic E-state index is 0.115. The third-order valence-electron chi connectivity index (χ3n) is 3.50. The van der Waals surface area contributed by atoms with Crippen molar-refractivity contribution in [2.75, 3.05) is 18.4 Å². The molecular weight excluding hydrogens is 288 g/mol. The van der Waals surface area contributed by atoms with E-state index < -0.39 is 0 Å². The van der Waals surface area contributed by atoms with Crippen molar-refractivity contribution in [1.29, 1.82) is 0 Å². The van der Waals surface area contributed by atoms with E-state index in [2.05, 4.69) is 36.5 Å². The first kappa shape index (κ1) is 17.1. The summed E-state index contributed by atoms with van der Waals surface area (Å²) in [6.45, 7) is 9.64. The van der Waals surface area contributed by atoms with E-state index in [0.717, 1.165) is 24.3 Å². The van der Waals surface area contributed by atoms with Gasteiger partial charge in [-0.05, 0) is 52.3 Å². The normalized spacial score (nSPS) is 11.3. The lowest BCUT2D eigenvalue weighted by molar-refractivity contribution is 0.0947. The van der Waals surface area contributed by atoms with Crippen LogP contribution < -0.4 is 10.6 Å². The number of hydrogen-bond acceptors (Lipinski definition) is 3. The number of anilines is 1. The molecule has 124 valence electrons. The number of amides is 1. The zero-order valence-corrected chi connectivity index (χ0v) is 14.4. The molecule has 0 atom stereocenters. The van der Waals surface area contributed by atoms with Crippen molar-refractivity contribution < 1.29 is 4.79 Å². The maximum absolute atomic E-state index is 12.2. The molecule has 2 N–H and O–H groups in total. The largest absolute Gasteiger partial charge is 0.385 e. The Hall–Kier alpha value is -2.30. The predicted octanol–water partition coefficient (Wildman–Crippen LogP) is 3.18. The molecule has 2 rings (SSSR count). The van der Waals surface area contributed by atoms with Crippen LogP contribution in [0.15, 0.2) is 36.4 Å². The average molecular weight is 314 g/mol. The molecule has 1 heterocycles. The molecule has 0 aliphatic rings. The molecule has 1 aromatic heterocycles. The fourth-order valence-electron chi connectivity index (χ4n) is 2.43. The Labute approximate surface area is 138 Å². The maximum atomic E-state index is 12.2. The highest BCUT2D eigenvalue weighted by atomic mass is 16.1. The van der Waals surface area contributed by atoms with E-state index in [0.29, 0.717) is 12.2 Å². The Balaban J connectivity index is 1.77. The van der Waals surface area contributed by atoms with E-state index >= 15 is 0 Å². The maximum Gasteiger partial charge on any atom is 0.271 e. The lowest BCUT2D eigenvalue weighted by Gasteiger charge is -2.21. The highest BCUT2D eigenvalue weighted by Crippen LogP contribution is 2.16. The van der Waals surface area contributed by atoms with E-state index in [1.807, 2.05) is 48.0 Å². The Morgan fingerprint density at radius 3 is 2.48 bits per heavy atom. The van der Waals surface area contributed by atoms with Gasteiger partial charge >= 0.3 is 0 Å². The van der Waals surface area contributed by atoms with Crippen LogP contribution in [0.25, 0.3) is 0 Å². The number of carbonyl (C=O) groups is 1. The molecule has 0 aliphatic carbocycles. The number of hydrogen-bond donors (Lipinski definition) is 2. The minimum Gasteiger partial charge on any atom is -0.385 e. The summed E-state index contributed by atoms with van der Waals surface area (Å²) in [6, 6.07) is 11.9. The van der Waals surface area contributed by atoms with Gasteiger partial charge in [0.2, 0.25) is 0 Å². The predicted molar refractivity (Wildman–Crippen MR) is 93.8 cm³/mol. The number of nitrogens with zero attached hydrogens (tertiary/aromatic N) is 2. The van der Waals surface area contributed by atoms with Gasteiger partial charge in [0.1, 0.15) is 5.69 Å². The number of para-hydroxylation sites is 1. The van der Waals surface area contributed by atoms with Gasteiger partial charge in [-0.2, -0.15) is 5.10 Å². The van der Waals surface area contributed by atoms with Crippen LogP contribution in [0.4, 0.5) is 5.69 Å². The molecule has 1 aromatic carbocycles. The second kappa shape index (κ2) is 7.31. The molecule has 0 bridgehead atoms. The van der Waals surface area contributed by atoms with Crippen LogP contribution in [0.3, 0.4) is 0 Å². The molecule has 0 radical (unpaired) electrons. The summed E-state index contributed by atoms with van der Waals surface area (Å²) >= 11 is 0. The molecule has 0 saturated heterocycles. The molecule has 5 heteroatoms. The fraction of sp³-hybridized carbons (Fsp3) is 0.444. The summed E-state index contributed by atoms with van der Waals surface area (Å²) < 4.78 is 1.89. The number of rotatable bonds is 6. The van der Waals surface area contributed by atoms with Crippen molar-refractivity contribution >= 4 is 11.6 Å². The molecule has 5 nitrogen and oxygen atoms in total. The summed E-state index contributed by atoms with van der Waals surface area (Å²) in [4.78, 5) is 12.2. The van der Waals surface area contributed by atoms with Gasteiger partial charge in [0.25, 0.3) is 5.91 Å². The molecule has 1 amide bonds. The second-order valence-corrected chi connectivity index (χ2v) is 6.66. The second-order valence-electron chi connectivity index (χ2n) is 6.66. The number of carbonyl (C=O) groups excluding carboxylic acids is 1. The highest BCUT2D eigenvalue weighted by Gasteiger charge is 2.19. The van der Waals surface area contributed by atoms with Crippen molar-refractivity contribution in [3.8, 4) is 0 Å². The van der Waals surface area contributed by atoms with Gasteiger partial charge in [-0.3, -0.25) is 9.48 Å². The SMILES string of the molecule is Cc1cc(C(=O)NCCCNc2ccccc2)nn1C(C)(C)C. The Bertz CT molecular complexity index is 641. The number of aryl methyl sites for hydroxylation is 1. The number of benzene rings is 1. The van der Waals surface area contributed by atoms with E-state index in [1.54, 1.807) is 0 Å². The molecule has 2 aromatic rings. The standard InChI is InChI=1S/C18H26N4O/c1-14-13-16(21-22(14)18(2,3)4)17(23)20-12-8-11-19-15-9-6-5-7-10-15/h5-7,9-10,13,19H,8,11-12H2,1-4H3,(H,20,23). The molecule has 23 heavy (non-hydrogen) atoms. The zero-order chi connectivity index (χ0) is 16.9. The quantitative estimate of drug-likeness (QED) is 0.805. The van der Waals surface area contributed by atoms with Crippen LogP contribution in [0, 0.1) is 6.92 Å². The average Bonchev–Trinajstić information content (AvgIpc) is 2.90. The topological polar surface area (TPSA) is 59.0 Å². The van der Waals surface area contributed by atoms with Gasteiger partial charge in [0.15, 0.2) is 0 Å². The molecule has 0 spiro atoms. The van der Waals surface area contributed by atoms with Crippen LogP contribution in [-0.4, -0.2) is 28.8 Å². The fourth-order valence-corrected chi connectivity index (χ4v) is 2.43. The third kappa shape index (κ3) is 4.84. The first-order valence-electron chi connectivity index (χ1n) is 8.02. The summed E-state index contributed by atoms with van der Waals surface area (Å²) in [5, 5.41) is 10.7. The van der Waals surface area contributed by atoms with Crippen molar-refractivity contribution in [3.63, 3.8) is 0 Å². The van der Waals surface area contributed by atoms with Crippen LogP contribution in [0.5, 0.6) is 0 Å². The smallest absolute Gasteiger partial charge is 0.271 e. The van der Waals surface area contributed by atoms with E-state index in [4.69, 9.17) is 0 Å². The van der Waals surface area contributed by atoms with Crippen molar-refractivity contribution in [3.05, 3.63) is 47.8 Å². The Morgan fingerprint density at radius 1 is 1.17 bits per heavy atom. The highest BCUT2D eigenvalue weighted by molar-refractivity contribution is 5.92. The lowest BCUT2D eigenvalue weighted by atomic mass is 10.1. The Kier molecular flexibility index (Phi) is 5.42. The molecule has 0 aliphatic heterocycles. The zero-order valence-electron chi connectivity index (χ0n) is 14.4. The van der Waals surface area contributed by atoms with Gasteiger partial charge in [0.05, 0.1) is 5.54 Å². The van der Waals surface area contributed by atoms with E-state index in [9.17, 15) is 4.79 Å². The van der Waals surface area contributed by atoms with Gasteiger partial charge in [0, 0.05) is 24.5 Å². The summed E-state index contributed by atoms with van der Waals surface area (Å²) in [6.07, 6.45) is 0.861. The first-order chi connectivity index (χ1) is 10.9. The molecular formula is C18H26N4O. The van der Waals surface area contributed by atoms with Gasteiger partial charge in [-0.1, -0.05) is 18.2 Å². The minimum atomic E-state index is -0.123. The van der Waals surface area contributed by atoms with E-state index in [1.165, 1.54) is 0 Å². The summed E-state index contributed by atoms with van der Waals surface area (Å²) in [5.41, 5.74) is 2.45. The van der Waals surface area contributed by atoms with Crippen molar-refractivity contribution in [2.24, 2.45) is 0 Å². The van der Waals surface area contributed by atoms with Crippen LogP contribution >= 0.6 is 0 Å². The molecule has 0 unspecified atom stereocenters. The molecule has 0 fully saturated rings. The van der Waals surface area contributed by atoms with Gasteiger partial charge in [-0.25, -0.2) is 0 Å². The third-order valence-corrected chi connectivity index (χ3v) is 3.50. The first-order valence-corrected chi connectivity index (χ1v) is 8.02. The Morgan fingerprint density at radius 2 is 1.87 bits per heavy atom. The van der Waals surface area contributed by atoms with Crippen molar-refractivity contribution in [2.45, 2.75) is 39.7 Å².